The van der Waals surface area contributed by atoms with Crippen LogP contribution in [0, 0.1) is 38.5 Å². The van der Waals surface area contributed by atoms with E-state index in [1.54, 1.807) is 20.8 Å². The third kappa shape index (κ3) is 20.5. The summed E-state index contributed by atoms with van der Waals surface area (Å²) in [5.74, 6) is -3.37. The van der Waals surface area contributed by atoms with E-state index in [4.69, 9.17) is 14.2 Å². The summed E-state index contributed by atoms with van der Waals surface area (Å²) in [7, 11) is -13.2. The van der Waals surface area contributed by atoms with Gasteiger partial charge in [-0.2, -0.15) is 0 Å². The minimum Gasteiger partial charge on any atom is -0.466 e. The highest BCUT2D eigenvalue weighted by molar-refractivity contribution is 7.73. The molecule has 124 heavy (non-hydrogen) atoms. The molecule has 0 radical (unpaired) electrons. The van der Waals surface area contributed by atoms with Crippen molar-refractivity contribution in [2.75, 3.05) is 110 Å². The van der Waals surface area contributed by atoms with Gasteiger partial charge in [-0.15, -0.1) is 0 Å². The van der Waals surface area contributed by atoms with E-state index in [0.29, 0.717) is 80.9 Å². The second-order valence-corrected chi connectivity index (χ2v) is 41.3. The Morgan fingerprint density at radius 2 is 0.427 bits per heavy atom. The van der Waals surface area contributed by atoms with Crippen molar-refractivity contribution in [1.29, 1.82) is 0 Å². The van der Waals surface area contributed by atoms with Crippen molar-refractivity contribution in [1.82, 2.24) is 0 Å². The van der Waals surface area contributed by atoms with Crippen LogP contribution in [0.4, 0.5) is 45.5 Å². The number of allylic oxidation sites excluding steroid dienone is 1. The van der Waals surface area contributed by atoms with Crippen LogP contribution in [0.5, 0.6) is 0 Å². The number of rotatable bonds is 28. The van der Waals surface area contributed by atoms with Crippen LogP contribution < -0.4 is 37.4 Å². The lowest BCUT2D eigenvalue weighted by atomic mass is 9.98. The van der Waals surface area contributed by atoms with Crippen LogP contribution >= 0.6 is 29.8 Å². The first-order valence-electron chi connectivity index (χ1n) is 42.5. The molecule has 18 nitrogen and oxygen atoms in total. The van der Waals surface area contributed by atoms with Gasteiger partial charge in [-0.25, -0.2) is 0 Å². The van der Waals surface area contributed by atoms with Crippen LogP contribution in [-0.4, -0.2) is 90.1 Å². The van der Waals surface area contributed by atoms with Crippen molar-refractivity contribution in [3.8, 4) is 0 Å². The Kier molecular flexibility index (Phi) is 31.3. The molecule has 642 valence electrons. The number of nitrogens with zero attached hydrogens (tertiary/aromatic N) is 8. The Hall–Kier alpha value is -11.9. The summed E-state index contributed by atoms with van der Waals surface area (Å²) in [6.45, 7) is 36.2. The van der Waals surface area contributed by atoms with Gasteiger partial charge in [0.2, 0.25) is 0 Å². The molecule has 3 unspecified atom stereocenters. The number of benzene rings is 11. The van der Waals surface area contributed by atoms with Crippen LogP contribution in [0.1, 0.15) is 67.5 Å². The molecule has 4 fully saturated rings. The molecule has 0 N–H and O–H groups in total. The first-order valence-corrected chi connectivity index (χ1v) is 48.9. The fourth-order valence-corrected chi connectivity index (χ4v) is 28.4. The molecule has 4 saturated heterocycles. The van der Waals surface area contributed by atoms with Crippen molar-refractivity contribution in [2.45, 2.75) is 74.1 Å². The Morgan fingerprint density at radius 3 is 0.581 bits per heavy atom. The van der Waals surface area contributed by atoms with Crippen molar-refractivity contribution < 1.29 is 46.9 Å². The van der Waals surface area contributed by atoms with Crippen LogP contribution in [0.2, 0.25) is 0 Å². The number of esters is 3. The van der Waals surface area contributed by atoms with Gasteiger partial charge in [-0.1, -0.05) is 268 Å². The maximum Gasteiger partial charge on any atom is 0.314 e. The van der Waals surface area contributed by atoms with Crippen LogP contribution in [0.3, 0.4) is 0 Å². The van der Waals surface area contributed by atoms with Gasteiger partial charge in [-0.3, -0.25) is 32.6 Å². The molecule has 4 heterocycles. The first kappa shape index (κ1) is 91.3. The van der Waals surface area contributed by atoms with Gasteiger partial charge < -0.3 is 51.6 Å². The molecule has 4 aliphatic heterocycles. The zero-order chi connectivity index (χ0) is 88.0. The van der Waals surface area contributed by atoms with E-state index in [9.17, 15) is 18.9 Å². The van der Waals surface area contributed by atoms with E-state index in [1.165, 1.54) is 0 Å². The predicted molar refractivity (Wildman–Crippen MR) is 513 cm³/mol. The fourth-order valence-electron chi connectivity index (χ4n) is 16.2. The molecule has 0 saturated carbocycles. The smallest absolute Gasteiger partial charge is 0.314 e. The zero-order valence-corrected chi connectivity index (χ0v) is 75.7. The number of aryl methyl sites for hydroxylation is 3. The molecular weight excluding hydrogens is 1620 g/mol. The molecule has 15 rings (SSSR count). The largest absolute Gasteiger partial charge is 0.466 e. The minimum absolute atomic E-state index is 0.256. The topological polar surface area (TPSA) is 173 Å². The van der Waals surface area contributed by atoms with Crippen molar-refractivity contribution in [3.05, 3.63) is 396 Å². The van der Waals surface area contributed by atoms with E-state index in [1.807, 2.05) is 381 Å². The average Bonchev–Trinajstić information content (AvgIpc) is 1.55. The average molecular weight is 1740 g/mol. The Balaban J connectivity index is 0.000000153. The summed E-state index contributed by atoms with van der Waals surface area (Å²) in [6, 6.07) is 102. The Morgan fingerprint density at radius 1 is 0.266 bits per heavy atom. The first-order chi connectivity index (χ1) is 60.0. The standard InChI is InChI=1S/3C28H31N2O3P.C18H21N2OP/c3*1-4-33-28(31)27(21-24-17-15-22(2)16-18-24)23(3)34(32)29(25-11-7-5-8-12-25)19-20-30(34)26-13-9-6-10-14-26;1-3-16(2)22(21)19(17-10-6-4-7-11-17)14-15-20(22)18-12-8-5-9-13-18/h3*5-18,27H,3-4,19-21H2,1-2H3;4-13H,2-3,14-15H2,1H3. The van der Waals surface area contributed by atoms with Gasteiger partial charge in [0.1, 0.15) is 0 Å². The highest BCUT2D eigenvalue weighted by Gasteiger charge is 2.53. The van der Waals surface area contributed by atoms with E-state index >= 15 is 13.7 Å². The molecule has 0 amide bonds. The van der Waals surface area contributed by atoms with Crippen LogP contribution in [-0.2, 0) is 66.1 Å². The van der Waals surface area contributed by atoms with Crippen LogP contribution in [0.15, 0.2) is 363 Å². The lowest BCUT2D eigenvalue weighted by molar-refractivity contribution is -0.147. The van der Waals surface area contributed by atoms with E-state index in [0.717, 1.165) is 97.3 Å². The van der Waals surface area contributed by atoms with Crippen molar-refractivity contribution >= 4 is 93.2 Å². The van der Waals surface area contributed by atoms with E-state index in [-0.39, 0.29) is 19.8 Å². The maximum absolute atomic E-state index is 15.1. The molecule has 4 aliphatic rings. The van der Waals surface area contributed by atoms with Crippen molar-refractivity contribution in [2.24, 2.45) is 17.8 Å². The van der Waals surface area contributed by atoms with E-state index < -0.39 is 65.4 Å². The summed E-state index contributed by atoms with van der Waals surface area (Å²) in [5.41, 5.74) is 13.5. The normalized spacial score (nSPS) is 15.9. The molecular formula is C102H114N8O10P4. The SMILES string of the molecule is C=C(C(Cc1ccc(C)cc1)C(=O)OCC)P1(=O)N(c2ccccc2)CCN1c1ccccc1.C=C(C(Cc1ccc(C)cc1)C(=O)OCC)P1(=O)N(c2ccccc2)CCN1c1ccccc1.C=C(C(Cc1ccc(C)cc1)C(=O)OCC)P1(=O)N(c2ccccc2)CCN1c1ccccc1.C=C(CC)P1(=O)N(c2ccccc2)CCN1c1ccccc1. The minimum atomic E-state index is -3.43. The van der Waals surface area contributed by atoms with Gasteiger partial charge in [0.25, 0.3) is 29.8 Å². The summed E-state index contributed by atoms with van der Waals surface area (Å²) < 4.78 is 91.2. The monoisotopic (exact) mass is 1730 g/mol. The number of para-hydroxylation sites is 8. The number of hydrogen-bond donors (Lipinski definition) is 0. The molecule has 11 aromatic carbocycles. The van der Waals surface area contributed by atoms with Crippen LogP contribution in [0.25, 0.3) is 0 Å². The van der Waals surface area contributed by atoms with Gasteiger partial charge in [0.05, 0.1) is 37.6 Å². The summed E-state index contributed by atoms with van der Waals surface area (Å²) >= 11 is 0. The lowest BCUT2D eigenvalue weighted by Gasteiger charge is -2.36. The van der Waals surface area contributed by atoms with Gasteiger partial charge in [0, 0.05) is 119 Å². The number of ether oxygens (including phenoxy) is 3. The Labute approximate surface area is 733 Å². The molecule has 0 aromatic heterocycles. The van der Waals surface area contributed by atoms with Gasteiger partial charge >= 0.3 is 17.9 Å². The highest BCUT2D eigenvalue weighted by Crippen LogP contribution is 2.71. The van der Waals surface area contributed by atoms with Gasteiger partial charge in [0.15, 0.2) is 0 Å². The molecule has 0 bridgehead atoms. The second kappa shape index (κ2) is 42.5. The quantitative estimate of drug-likeness (QED) is 0.0257. The third-order valence-corrected chi connectivity index (χ3v) is 35.7. The third-order valence-electron chi connectivity index (χ3n) is 22.7. The number of carbonyl (C=O) groups is 3. The molecule has 3 atom stereocenters. The number of hydrogen-bond acceptors (Lipinski definition) is 10. The predicted octanol–water partition coefficient (Wildman–Crippen LogP) is 24.5. The fraction of sp³-hybridized carbons (Fsp3) is 0.245. The number of carbonyl (C=O) groups excluding carboxylic acids is 3. The number of anilines is 8. The Bertz CT molecular complexity index is 4960. The molecule has 0 spiro atoms. The lowest BCUT2D eigenvalue weighted by Crippen LogP contribution is -2.28. The van der Waals surface area contributed by atoms with E-state index in [2.05, 4.69) is 26.3 Å². The molecule has 22 heteroatoms. The molecule has 0 aliphatic carbocycles. The summed E-state index contributed by atoms with van der Waals surface area (Å²) in [4.78, 5) is 39.6. The zero-order valence-electron chi connectivity index (χ0n) is 72.1. The van der Waals surface area contributed by atoms with Crippen molar-refractivity contribution in [3.63, 3.8) is 0 Å². The highest BCUT2D eigenvalue weighted by atomic mass is 31.2. The summed E-state index contributed by atoms with van der Waals surface area (Å²) in [6.07, 6.45) is 1.86. The second-order valence-electron chi connectivity index (χ2n) is 30.7. The van der Waals surface area contributed by atoms with Gasteiger partial charge in [-0.05, 0) is 181 Å². The maximum atomic E-state index is 15.1. The summed E-state index contributed by atoms with van der Waals surface area (Å²) in [5, 5.41) is 2.00. The molecule has 11 aromatic rings.